The van der Waals surface area contributed by atoms with Gasteiger partial charge in [-0.05, 0) is 64.8 Å². The van der Waals surface area contributed by atoms with Gasteiger partial charge in [0.15, 0.2) is 11.5 Å². The summed E-state index contributed by atoms with van der Waals surface area (Å²) in [6.07, 6.45) is -3.80. The second kappa shape index (κ2) is 11.0. The molecule has 0 aliphatic carbocycles. The monoisotopic (exact) mass is 588 g/mol. The van der Waals surface area contributed by atoms with Crippen LogP contribution in [0.15, 0.2) is 42.6 Å². The fraction of sp³-hybridized carbons (Fsp3) is 0.448. The molecule has 42 heavy (non-hydrogen) atoms. The summed E-state index contributed by atoms with van der Waals surface area (Å²) in [5.41, 5.74) is 0.325. The number of hydrogen-bond donors (Lipinski definition) is 1. The lowest BCUT2D eigenvalue weighted by atomic mass is 10.1. The van der Waals surface area contributed by atoms with E-state index in [-0.39, 0.29) is 36.3 Å². The predicted octanol–water partition coefficient (Wildman–Crippen LogP) is 6.07. The number of aromatic nitrogens is 4. The maximum atomic E-state index is 14.5. The number of benzene rings is 1. The average molecular weight is 589 g/mol. The quantitative estimate of drug-likeness (QED) is 0.273. The smallest absolute Gasteiger partial charge is 0.408 e. The van der Waals surface area contributed by atoms with Crippen molar-refractivity contribution in [3.8, 4) is 17.3 Å². The molecular formula is C29H32F4N6O3. The van der Waals surface area contributed by atoms with Crippen molar-refractivity contribution in [1.82, 2.24) is 29.8 Å². The van der Waals surface area contributed by atoms with Crippen LogP contribution in [-0.2, 0) is 4.74 Å². The molecule has 9 nitrogen and oxygen atoms in total. The number of hydrogen-bond acceptors (Lipinski definition) is 7. The Balaban J connectivity index is 1.47. The summed E-state index contributed by atoms with van der Waals surface area (Å²) in [5.74, 6) is -0.00799. The molecule has 1 saturated heterocycles. The molecule has 13 heteroatoms. The van der Waals surface area contributed by atoms with Crippen LogP contribution in [-0.4, -0.2) is 67.6 Å². The van der Waals surface area contributed by atoms with Crippen molar-refractivity contribution >= 4 is 22.6 Å². The molecule has 4 heterocycles. The van der Waals surface area contributed by atoms with Gasteiger partial charge in [0.2, 0.25) is 0 Å². The van der Waals surface area contributed by atoms with Crippen molar-refractivity contribution in [3.05, 3.63) is 54.0 Å². The first-order valence-electron chi connectivity index (χ1n) is 13.6. The summed E-state index contributed by atoms with van der Waals surface area (Å²) >= 11 is 0. The van der Waals surface area contributed by atoms with Crippen molar-refractivity contribution in [1.29, 1.82) is 0 Å². The van der Waals surface area contributed by atoms with E-state index in [1.807, 2.05) is 0 Å². The molecule has 0 spiro atoms. The van der Waals surface area contributed by atoms with Gasteiger partial charge in [-0.15, -0.1) is 10.2 Å². The first kappa shape index (κ1) is 29.5. The highest BCUT2D eigenvalue weighted by Crippen LogP contribution is 2.40. The van der Waals surface area contributed by atoms with Crippen molar-refractivity contribution < 1.29 is 31.8 Å². The topological polar surface area (TPSA) is 93.9 Å². The maximum absolute atomic E-state index is 14.5. The zero-order valence-electron chi connectivity index (χ0n) is 23.9. The van der Waals surface area contributed by atoms with Crippen LogP contribution in [0.4, 0.5) is 22.4 Å². The SMILES string of the molecule is CC(C)Oc1cc(F)cc2ccc(-c3nnc4ccc([C@@H](N5CC[C@H](NC(=O)OC(C)(C)C)C5)C(F)(F)F)cn34)nc12. The fourth-order valence-corrected chi connectivity index (χ4v) is 5.10. The summed E-state index contributed by atoms with van der Waals surface area (Å²) < 4.78 is 70.2. The van der Waals surface area contributed by atoms with Gasteiger partial charge in [-0.2, -0.15) is 13.2 Å². The Morgan fingerprint density at radius 3 is 2.55 bits per heavy atom. The number of nitrogens with zero attached hydrogens (tertiary/aromatic N) is 5. The minimum atomic E-state index is -4.60. The number of halogens is 4. The van der Waals surface area contributed by atoms with Crippen molar-refractivity contribution in [2.24, 2.45) is 0 Å². The zero-order chi connectivity index (χ0) is 30.4. The van der Waals surface area contributed by atoms with Gasteiger partial charge < -0.3 is 14.8 Å². The van der Waals surface area contributed by atoms with Gasteiger partial charge in [0, 0.05) is 36.8 Å². The lowest BCUT2D eigenvalue weighted by Gasteiger charge is -2.30. The number of fused-ring (bicyclic) bond motifs is 2. The van der Waals surface area contributed by atoms with Crippen LogP contribution in [0.5, 0.6) is 5.75 Å². The van der Waals surface area contributed by atoms with Gasteiger partial charge in [-0.1, -0.05) is 12.1 Å². The van der Waals surface area contributed by atoms with Crippen molar-refractivity contribution in [2.45, 2.75) is 71.0 Å². The number of likely N-dealkylation sites (tertiary alicyclic amines) is 1. The molecule has 0 radical (unpaired) electrons. The highest BCUT2D eigenvalue weighted by Gasteiger charge is 2.47. The molecule has 3 aromatic heterocycles. The number of alkyl carbamates (subject to hydrolysis) is 1. The Labute approximate surface area is 239 Å². The summed E-state index contributed by atoms with van der Waals surface area (Å²) in [6, 6.07) is 6.27. The van der Waals surface area contributed by atoms with Gasteiger partial charge in [-0.25, -0.2) is 14.2 Å². The Hall–Kier alpha value is -4.00. The Kier molecular flexibility index (Phi) is 7.73. The van der Waals surface area contributed by atoms with Crippen LogP contribution in [0.3, 0.4) is 0 Å². The van der Waals surface area contributed by atoms with Crippen molar-refractivity contribution in [3.63, 3.8) is 0 Å². The molecule has 0 unspecified atom stereocenters. The second-order valence-electron chi connectivity index (χ2n) is 11.6. The Morgan fingerprint density at radius 2 is 1.86 bits per heavy atom. The van der Waals surface area contributed by atoms with E-state index < -0.39 is 35.8 Å². The van der Waals surface area contributed by atoms with E-state index in [1.165, 1.54) is 39.8 Å². The third-order valence-electron chi connectivity index (χ3n) is 6.67. The van der Waals surface area contributed by atoms with E-state index in [1.54, 1.807) is 46.8 Å². The molecule has 1 fully saturated rings. The number of amides is 1. The molecule has 1 N–H and O–H groups in total. The van der Waals surface area contributed by atoms with E-state index in [2.05, 4.69) is 20.5 Å². The molecule has 0 bridgehead atoms. The minimum absolute atomic E-state index is 0.00207. The predicted molar refractivity (Wildman–Crippen MR) is 148 cm³/mol. The molecule has 1 aliphatic rings. The molecule has 1 aromatic carbocycles. The van der Waals surface area contributed by atoms with Crippen LogP contribution in [0.25, 0.3) is 28.1 Å². The number of carbonyl (C=O) groups excluding carboxylic acids is 1. The molecule has 1 aliphatic heterocycles. The number of rotatable bonds is 6. The second-order valence-corrected chi connectivity index (χ2v) is 11.6. The number of nitrogens with one attached hydrogen (secondary N) is 1. The molecule has 224 valence electrons. The Morgan fingerprint density at radius 1 is 1.10 bits per heavy atom. The lowest BCUT2D eigenvalue weighted by Crippen LogP contribution is -2.42. The van der Waals surface area contributed by atoms with Gasteiger partial charge >= 0.3 is 12.3 Å². The van der Waals surface area contributed by atoms with Crippen LogP contribution in [0, 0.1) is 5.82 Å². The normalized spacial score (nSPS) is 17.2. The zero-order valence-corrected chi connectivity index (χ0v) is 23.9. The number of carbonyl (C=O) groups is 1. The largest absolute Gasteiger partial charge is 0.489 e. The summed E-state index contributed by atoms with van der Waals surface area (Å²) in [5, 5.41) is 11.5. The number of alkyl halides is 3. The number of pyridine rings is 2. The summed E-state index contributed by atoms with van der Waals surface area (Å²) in [7, 11) is 0. The molecule has 4 aromatic rings. The first-order chi connectivity index (χ1) is 19.7. The molecular weight excluding hydrogens is 556 g/mol. The van der Waals surface area contributed by atoms with E-state index in [9.17, 15) is 22.4 Å². The van der Waals surface area contributed by atoms with Crippen LogP contribution < -0.4 is 10.1 Å². The first-order valence-corrected chi connectivity index (χ1v) is 13.6. The van der Waals surface area contributed by atoms with Gasteiger partial charge in [-0.3, -0.25) is 9.30 Å². The lowest BCUT2D eigenvalue weighted by molar-refractivity contribution is -0.184. The van der Waals surface area contributed by atoms with Gasteiger partial charge in [0.25, 0.3) is 0 Å². The maximum Gasteiger partial charge on any atom is 0.408 e. The van der Waals surface area contributed by atoms with Crippen LogP contribution >= 0.6 is 0 Å². The standard InChI is InChI=1S/C29H32F4N6O3/c1-16(2)41-22-13-19(30)12-17-6-8-21(35-24(17)22)26-37-36-23-9-7-18(14-39(23)26)25(29(31,32)33)38-11-10-20(15-38)34-27(40)42-28(3,4)5/h6-9,12-14,16,20,25H,10-11,15H2,1-5H3,(H,34,40)/t20-,25+/m0/s1. The van der Waals surface area contributed by atoms with Gasteiger partial charge in [0.05, 0.1) is 6.10 Å². The van der Waals surface area contributed by atoms with Crippen LogP contribution in [0.1, 0.15) is 52.6 Å². The van der Waals surface area contributed by atoms with Crippen LogP contribution in [0.2, 0.25) is 0 Å². The summed E-state index contributed by atoms with van der Waals surface area (Å²) in [6.45, 7) is 8.89. The molecule has 1 amide bonds. The highest BCUT2D eigenvalue weighted by molar-refractivity contribution is 5.86. The summed E-state index contributed by atoms with van der Waals surface area (Å²) in [4.78, 5) is 18.1. The van der Waals surface area contributed by atoms with E-state index in [4.69, 9.17) is 9.47 Å². The molecule has 0 saturated carbocycles. The van der Waals surface area contributed by atoms with Crippen molar-refractivity contribution in [2.75, 3.05) is 13.1 Å². The third-order valence-corrected chi connectivity index (χ3v) is 6.67. The molecule has 2 atom stereocenters. The number of ether oxygens (including phenoxy) is 2. The molecule has 5 rings (SSSR count). The van der Waals surface area contributed by atoms with E-state index in [0.29, 0.717) is 28.7 Å². The third kappa shape index (κ3) is 6.40. The fourth-order valence-electron chi connectivity index (χ4n) is 5.10. The van der Waals surface area contributed by atoms with Gasteiger partial charge in [0.1, 0.15) is 34.4 Å². The van der Waals surface area contributed by atoms with E-state index in [0.717, 1.165) is 0 Å². The Bertz CT molecular complexity index is 1620. The average Bonchev–Trinajstić information content (AvgIpc) is 3.48. The highest BCUT2D eigenvalue weighted by atomic mass is 19.4. The van der Waals surface area contributed by atoms with E-state index >= 15 is 0 Å². The minimum Gasteiger partial charge on any atom is -0.489 e.